The van der Waals surface area contributed by atoms with Gasteiger partial charge in [-0.25, -0.2) is 0 Å². The molecule has 0 aliphatic carbocycles. The van der Waals surface area contributed by atoms with Gasteiger partial charge in [-0.2, -0.15) is 0 Å². The maximum absolute atomic E-state index is 6.04. The molecule has 1 atom stereocenters. The molecule has 0 aromatic heterocycles. The number of rotatable bonds is 4. The van der Waals surface area contributed by atoms with Crippen LogP contribution in [0.15, 0.2) is 18.2 Å². The molecule has 1 aromatic carbocycles. The number of nitrogens with two attached hydrogens (primary N) is 1. The number of hydrogen-bond acceptors (Lipinski definition) is 1. The maximum atomic E-state index is 6.04. The average molecular weight is 212 g/mol. The Balaban J connectivity index is 2.70. The Morgan fingerprint density at radius 1 is 1.43 bits per heavy atom. The predicted octanol–water partition coefficient (Wildman–Crippen LogP) is 3.84. The van der Waals surface area contributed by atoms with Gasteiger partial charge in [-0.05, 0) is 30.5 Å². The van der Waals surface area contributed by atoms with Crippen molar-refractivity contribution in [1.82, 2.24) is 0 Å². The monoisotopic (exact) mass is 211 g/mol. The van der Waals surface area contributed by atoms with Gasteiger partial charge in [0.1, 0.15) is 0 Å². The summed E-state index contributed by atoms with van der Waals surface area (Å²) in [6, 6.07) is 6.22. The van der Waals surface area contributed by atoms with Gasteiger partial charge in [0.2, 0.25) is 0 Å². The van der Waals surface area contributed by atoms with Crippen molar-refractivity contribution in [3.63, 3.8) is 0 Å². The SMILES string of the molecule is CCCC[C@H](N)c1ccc(C)c(Cl)c1. The molecule has 0 unspecified atom stereocenters. The normalized spacial score (nSPS) is 12.9. The number of unbranched alkanes of at least 4 members (excludes halogenated alkanes) is 1. The number of benzene rings is 1. The molecule has 78 valence electrons. The maximum Gasteiger partial charge on any atom is 0.0438 e. The fourth-order valence-electron chi connectivity index (χ4n) is 1.43. The molecule has 0 saturated heterocycles. The van der Waals surface area contributed by atoms with E-state index in [9.17, 15) is 0 Å². The topological polar surface area (TPSA) is 26.0 Å². The zero-order valence-electron chi connectivity index (χ0n) is 8.89. The summed E-state index contributed by atoms with van der Waals surface area (Å²) >= 11 is 6.04. The first-order valence-corrected chi connectivity index (χ1v) is 5.54. The molecule has 0 bridgehead atoms. The Morgan fingerprint density at radius 3 is 2.71 bits per heavy atom. The summed E-state index contributed by atoms with van der Waals surface area (Å²) < 4.78 is 0. The van der Waals surface area contributed by atoms with Crippen molar-refractivity contribution < 1.29 is 0 Å². The summed E-state index contributed by atoms with van der Waals surface area (Å²) in [6.45, 7) is 4.18. The first-order valence-electron chi connectivity index (χ1n) is 5.16. The van der Waals surface area contributed by atoms with Gasteiger partial charge in [0.05, 0.1) is 0 Å². The third-order valence-electron chi connectivity index (χ3n) is 2.49. The second kappa shape index (κ2) is 5.38. The van der Waals surface area contributed by atoms with Crippen LogP contribution in [0.1, 0.15) is 43.4 Å². The average Bonchev–Trinajstić information content (AvgIpc) is 2.18. The zero-order valence-corrected chi connectivity index (χ0v) is 9.64. The van der Waals surface area contributed by atoms with Crippen molar-refractivity contribution in [2.75, 3.05) is 0 Å². The Morgan fingerprint density at radius 2 is 2.14 bits per heavy atom. The minimum Gasteiger partial charge on any atom is -0.324 e. The summed E-state index contributed by atoms with van der Waals surface area (Å²) in [4.78, 5) is 0. The Kier molecular flexibility index (Phi) is 4.43. The minimum atomic E-state index is 0.132. The Bertz CT molecular complexity index is 296. The second-order valence-corrected chi connectivity index (χ2v) is 4.16. The van der Waals surface area contributed by atoms with Crippen molar-refractivity contribution >= 4 is 11.6 Å². The van der Waals surface area contributed by atoms with Gasteiger partial charge < -0.3 is 5.73 Å². The van der Waals surface area contributed by atoms with Crippen LogP contribution in [0.5, 0.6) is 0 Å². The molecule has 0 fully saturated rings. The third kappa shape index (κ3) is 3.00. The smallest absolute Gasteiger partial charge is 0.0438 e. The number of aryl methyl sites for hydroxylation is 1. The van der Waals surface area contributed by atoms with E-state index >= 15 is 0 Å². The van der Waals surface area contributed by atoms with E-state index in [1.54, 1.807) is 0 Å². The van der Waals surface area contributed by atoms with Crippen LogP contribution >= 0.6 is 11.6 Å². The molecule has 2 heteroatoms. The third-order valence-corrected chi connectivity index (χ3v) is 2.90. The van der Waals surface area contributed by atoms with Crippen LogP contribution in [0.25, 0.3) is 0 Å². The summed E-state index contributed by atoms with van der Waals surface area (Å²) in [5.41, 5.74) is 8.30. The minimum absolute atomic E-state index is 0.132. The van der Waals surface area contributed by atoms with E-state index in [0.717, 1.165) is 22.6 Å². The van der Waals surface area contributed by atoms with Gasteiger partial charge in [0.15, 0.2) is 0 Å². The van der Waals surface area contributed by atoms with E-state index < -0.39 is 0 Å². The molecular formula is C12H18ClN. The van der Waals surface area contributed by atoms with E-state index in [4.69, 9.17) is 17.3 Å². The van der Waals surface area contributed by atoms with E-state index in [2.05, 4.69) is 13.0 Å². The van der Waals surface area contributed by atoms with Gasteiger partial charge in [-0.1, -0.05) is 43.5 Å². The van der Waals surface area contributed by atoms with Gasteiger partial charge in [-0.3, -0.25) is 0 Å². The van der Waals surface area contributed by atoms with Gasteiger partial charge in [0, 0.05) is 11.1 Å². The van der Waals surface area contributed by atoms with Crippen LogP contribution < -0.4 is 5.73 Å². The highest BCUT2D eigenvalue weighted by molar-refractivity contribution is 6.31. The molecule has 0 spiro atoms. The van der Waals surface area contributed by atoms with Crippen LogP contribution in [-0.2, 0) is 0 Å². The molecule has 2 N–H and O–H groups in total. The second-order valence-electron chi connectivity index (χ2n) is 3.76. The lowest BCUT2D eigenvalue weighted by Crippen LogP contribution is -2.09. The molecule has 1 rings (SSSR count). The summed E-state index contributed by atoms with van der Waals surface area (Å²) in [6.07, 6.45) is 3.40. The van der Waals surface area contributed by atoms with Crippen LogP contribution in [-0.4, -0.2) is 0 Å². The molecule has 0 amide bonds. The molecule has 0 radical (unpaired) electrons. The molecule has 1 aromatic rings. The van der Waals surface area contributed by atoms with Crippen LogP contribution in [0, 0.1) is 6.92 Å². The van der Waals surface area contributed by atoms with Crippen molar-refractivity contribution in [1.29, 1.82) is 0 Å². The first kappa shape index (κ1) is 11.5. The lowest BCUT2D eigenvalue weighted by Gasteiger charge is -2.12. The van der Waals surface area contributed by atoms with Crippen molar-refractivity contribution in [2.45, 2.75) is 39.2 Å². The molecule has 1 nitrogen and oxygen atoms in total. The van der Waals surface area contributed by atoms with Crippen LogP contribution in [0.4, 0.5) is 0 Å². The van der Waals surface area contributed by atoms with Crippen molar-refractivity contribution in [2.24, 2.45) is 5.73 Å². The highest BCUT2D eigenvalue weighted by Gasteiger charge is 2.06. The summed E-state index contributed by atoms with van der Waals surface area (Å²) in [5.74, 6) is 0. The van der Waals surface area contributed by atoms with Crippen molar-refractivity contribution in [3.8, 4) is 0 Å². The largest absolute Gasteiger partial charge is 0.324 e. The first-order chi connectivity index (χ1) is 6.65. The van der Waals surface area contributed by atoms with Gasteiger partial charge in [-0.15, -0.1) is 0 Å². The van der Waals surface area contributed by atoms with Crippen molar-refractivity contribution in [3.05, 3.63) is 34.3 Å². The van der Waals surface area contributed by atoms with E-state index in [1.165, 1.54) is 12.8 Å². The highest BCUT2D eigenvalue weighted by Crippen LogP contribution is 2.22. The Labute approximate surface area is 91.3 Å². The lowest BCUT2D eigenvalue weighted by atomic mass is 10.0. The molecule has 0 saturated carbocycles. The molecule has 0 aliphatic heterocycles. The predicted molar refractivity (Wildman–Crippen MR) is 62.6 cm³/mol. The standard InChI is InChI=1S/C12H18ClN/c1-3-4-5-12(14)10-7-6-9(2)11(13)8-10/h6-8,12H,3-5,14H2,1-2H3/t12-/m0/s1. The zero-order chi connectivity index (χ0) is 10.6. The molecule has 0 heterocycles. The molecular weight excluding hydrogens is 194 g/mol. The fourth-order valence-corrected chi connectivity index (χ4v) is 1.62. The fraction of sp³-hybridized carbons (Fsp3) is 0.500. The van der Waals surface area contributed by atoms with Gasteiger partial charge >= 0.3 is 0 Å². The molecule has 0 aliphatic rings. The van der Waals surface area contributed by atoms with E-state index in [0.29, 0.717) is 0 Å². The number of hydrogen-bond donors (Lipinski definition) is 1. The van der Waals surface area contributed by atoms with E-state index in [-0.39, 0.29) is 6.04 Å². The summed E-state index contributed by atoms with van der Waals surface area (Å²) in [7, 11) is 0. The Hall–Kier alpha value is -0.530. The quantitative estimate of drug-likeness (QED) is 0.805. The number of halogens is 1. The van der Waals surface area contributed by atoms with E-state index in [1.807, 2.05) is 19.1 Å². The highest BCUT2D eigenvalue weighted by atomic mass is 35.5. The lowest BCUT2D eigenvalue weighted by molar-refractivity contribution is 0.603. The van der Waals surface area contributed by atoms with Crippen LogP contribution in [0.3, 0.4) is 0 Å². The molecule has 14 heavy (non-hydrogen) atoms. The van der Waals surface area contributed by atoms with Gasteiger partial charge in [0.25, 0.3) is 0 Å². The van der Waals surface area contributed by atoms with Crippen LogP contribution in [0.2, 0.25) is 5.02 Å². The summed E-state index contributed by atoms with van der Waals surface area (Å²) in [5, 5.41) is 0.814.